The monoisotopic (exact) mass is 353 g/mol. The third kappa shape index (κ3) is 2.58. The van der Waals surface area contributed by atoms with Crippen LogP contribution in [-0.4, -0.2) is 4.98 Å². The first-order valence-corrected chi connectivity index (χ1v) is 6.18. The molecule has 1 aromatic heterocycles. The Balaban J connectivity index is 2.50. The predicted octanol–water partition coefficient (Wildman–Crippen LogP) is 5.22. The molecule has 0 atom stereocenters. The second-order valence-electron chi connectivity index (χ2n) is 3.18. The summed E-state index contributed by atoms with van der Waals surface area (Å²) in [7, 11) is 0. The Kier molecular flexibility index (Phi) is 4.04. The number of hydrogen-bond acceptors (Lipinski definition) is 2. The number of pyridine rings is 1. The number of para-hydroxylation sites is 1. The van der Waals surface area contributed by atoms with Gasteiger partial charge in [-0.3, -0.25) is 0 Å². The Labute approximate surface area is 120 Å². The third-order valence-corrected chi connectivity index (χ3v) is 3.32. The zero-order valence-corrected chi connectivity index (χ0v) is 11.7. The van der Waals surface area contributed by atoms with Crippen LogP contribution in [0.1, 0.15) is 0 Å². The Bertz CT molecular complexity index is 584. The average molecular weight is 355 g/mol. The fourth-order valence-electron chi connectivity index (χ4n) is 1.20. The Morgan fingerprint density at radius 3 is 2.17 bits per heavy atom. The van der Waals surface area contributed by atoms with Crippen molar-refractivity contribution in [1.29, 1.82) is 0 Å². The number of ether oxygens (including phenoxy) is 1. The quantitative estimate of drug-likeness (QED) is 0.689. The maximum absolute atomic E-state index is 13.2. The molecule has 7 heteroatoms. The smallest absolute Gasteiger partial charge is 0.238 e. The van der Waals surface area contributed by atoms with Gasteiger partial charge in [0.2, 0.25) is 11.9 Å². The van der Waals surface area contributed by atoms with Crippen LogP contribution < -0.4 is 4.74 Å². The summed E-state index contributed by atoms with van der Waals surface area (Å²) in [5.74, 6) is -2.34. The Hall–Kier alpha value is -0.910. The van der Waals surface area contributed by atoms with E-state index in [-0.39, 0.29) is 5.75 Å². The van der Waals surface area contributed by atoms with Gasteiger partial charge >= 0.3 is 0 Å². The number of nitrogens with zero attached hydrogens (tertiary/aromatic N) is 1. The lowest BCUT2D eigenvalue weighted by molar-refractivity contribution is 0.451. The molecule has 0 aliphatic carbocycles. The van der Waals surface area contributed by atoms with E-state index in [9.17, 15) is 8.78 Å². The summed E-state index contributed by atoms with van der Waals surface area (Å²) in [6.45, 7) is 0. The van der Waals surface area contributed by atoms with Gasteiger partial charge in [-0.25, -0.2) is 0 Å². The normalized spacial score (nSPS) is 10.5. The van der Waals surface area contributed by atoms with E-state index in [0.29, 0.717) is 10.2 Å². The SMILES string of the molecule is Fc1nc(F)c(Cl)c(Oc2ccccc2Br)c1Cl. The summed E-state index contributed by atoms with van der Waals surface area (Å²) in [6, 6.07) is 6.74. The first kappa shape index (κ1) is 13.5. The average Bonchev–Trinajstić information content (AvgIpc) is 2.34. The van der Waals surface area contributed by atoms with E-state index in [2.05, 4.69) is 20.9 Å². The lowest BCUT2D eigenvalue weighted by Crippen LogP contribution is -1.96. The Morgan fingerprint density at radius 1 is 1.06 bits per heavy atom. The van der Waals surface area contributed by atoms with E-state index in [1.54, 1.807) is 24.3 Å². The summed E-state index contributed by atoms with van der Waals surface area (Å²) in [6.07, 6.45) is 0. The van der Waals surface area contributed by atoms with E-state index < -0.39 is 21.9 Å². The van der Waals surface area contributed by atoms with E-state index in [1.807, 2.05) is 0 Å². The zero-order chi connectivity index (χ0) is 13.3. The van der Waals surface area contributed by atoms with Gasteiger partial charge in [0.05, 0.1) is 4.47 Å². The highest BCUT2D eigenvalue weighted by Crippen LogP contribution is 2.40. The molecule has 0 N–H and O–H groups in total. The van der Waals surface area contributed by atoms with E-state index >= 15 is 0 Å². The van der Waals surface area contributed by atoms with Crippen LogP contribution in [0.2, 0.25) is 10.0 Å². The molecule has 18 heavy (non-hydrogen) atoms. The molecule has 2 nitrogen and oxygen atoms in total. The molecule has 0 spiro atoms. The fraction of sp³-hybridized carbons (Fsp3) is 0. The number of rotatable bonds is 2. The molecule has 0 amide bonds. The van der Waals surface area contributed by atoms with E-state index in [4.69, 9.17) is 27.9 Å². The molecule has 1 aromatic carbocycles. The van der Waals surface area contributed by atoms with Crippen LogP contribution >= 0.6 is 39.1 Å². The minimum absolute atomic E-state index is 0.310. The van der Waals surface area contributed by atoms with Crippen LogP contribution in [0.5, 0.6) is 11.5 Å². The summed E-state index contributed by atoms with van der Waals surface area (Å²) in [5.41, 5.74) is 0. The molecule has 2 rings (SSSR count). The number of hydrogen-bond donors (Lipinski definition) is 0. The van der Waals surface area contributed by atoms with Gasteiger partial charge in [-0.15, -0.1) is 0 Å². The molecule has 0 fully saturated rings. The molecule has 1 heterocycles. The highest BCUT2D eigenvalue weighted by molar-refractivity contribution is 9.10. The number of aromatic nitrogens is 1. The van der Waals surface area contributed by atoms with Crippen molar-refractivity contribution in [3.8, 4) is 11.5 Å². The molecule has 0 radical (unpaired) electrons. The van der Waals surface area contributed by atoms with Gasteiger partial charge in [0.1, 0.15) is 15.8 Å². The first-order valence-electron chi connectivity index (χ1n) is 4.63. The zero-order valence-electron chi connectivity index (χ0n) is 8.55. The molecule has 2 aromatic rings. The van der Waals surface area contributed by atoms with Crippen molar-refractivity contribution in [2.45, 2.75) is 0 Å². The number of halogens is 5. The van der Waals surface area contributed by atoms with Crippen LogP contribution in [0, 0.1) is 11.9 Å². The van der Waals surface area contributed by atoms with Gasteiger partial charge in [-0.2, -0.15) is 13.8 Å². The number of benzene rings is 1. The van der Waals surface area contributed by atoms with Crippen LogP contribution in [0.4, 0.5) is 8.78 Å². The van der Waals surface area contributed by atoms with Crippen LogP contribution in [-0.2, 0) is 0 Å². The minimum Gasteiger partial charge on any atom is -0.453 e. The van der Waals surface area contributed by atoms with Crippen molar-refractivity contribution < 1.29 is 13.5 Å². The van der Waals surface area contributed by atoms with E-state index in [0.717, 1.165) is 0 Å². The van der Waals surface area contributed by atoms with E-state index in [1.165, 1.54) is 0 Å². The molecular formula is C11H4BrCl2F2NO. The predicted molar refractivity (Wildman–Crippen MR) is 68.4 cm³/mol. The lowest BCUT2D eigenvalue weighted by Gasteiger charge is -2.11. The van der Waals surface area contributed by atoms with Crippen molar-refractivity contribution in [2.75, 3.05) is 0 Å². The second-order valence-corrected chi connectivity index (χ2v) is 4.79. The summed E-state index contributed by atoms with van der Waals surface area (Å²) in [4.78, 5) is 2.91. The first-order chi connectivity index (χ1) is 8.50. The van der Waals surface area contributed by atoms with Gasteiger partial charge in [0.15, 0.2) is 5.75 Å². The van der Waals surface area contributed by atoms with Crippen molar-refractivity contribution in [1.82, 2.24) is 4.98 Å². The highest BCUT2D eigenvalue weighted by Gasteiger charge is 2.20. The molecule has 94 valence electrons. The maximum atomic E-state index is 13.2. The Morgan fingerprint density at radius 2 is 1.61 bits per heavy atom. The molecule has 0 bridgehead atoms. The van der Waals surface area contributed by atoms with Crippen LogP contribution in [0.15, 0.2) is 28.7 Å². The highest BCUT2D eigenvalue weighted by atomic mass is 79.9. The third-order valence-electron chi connectivity index (χ3n) is 2.01. The molecular weight excluding hydrogens is 351 g/mol. The molecule has 0 aliphatic rings. The van der Waals surface area contributed by atoms with Gasteiger partial charge in [0.25, 0.3) is 0 Å². The van der Waals surface area contributed by atoms with Crippen molar-refractivity contribution in [2.24, 2.45) is 0 Å². The largest absolute Gasteiger partial charge is 0.453 e. The van der Waals surface area contributed by atoms with Gasteiger partial charge < -0.3 is 4.74 Å². The van der Waals surface area contributed by atoms with Gasteiger partial charge in [-0.05, 0) is 28.1 Å². The summed E-state index contributed by atoms with van der Waals surface area (Å²) < 4.78 is 32.3. The fourth-order valence-corrected chi connectivity index (χ4v) is 1.96. The van der Waals surface area contributed by atoms with Crippen molar-refractivity contribution in [3.63, 3.8) is 0 Å². The lowest BCUT2D eigenvalue weighted by atomic mass is 10.3. The second kappa shape index (κ2) is 5.38. The van der Waals surface area contributed by atoms with Crippen molar-refractivity contribution in [3.05, 3.63) is 50.7 Å². The summed E-state index contributed by atoms with van der Waals surface area (Å²) >= 11 is 14.5. The summed E-state index contributed by atoms with van der Waals surface area (Å²) in [5, 5.41) is -0.950. The maximum Gasteiger partial charge on any atom is 0.238 e. The molecule has 0 saturated carbocycles. The standard InChI is InChI=1S/C11H4BrCl2F2NO/c12-5-3-1-2-4-6(5)18-9-7(13)10(15)17-11(16)8(9)14/h1-4H. The minimum atomic E-state index is -1.18. The molecule has 0 aliphatic heterocycles. The van der Waals surface area contributed by atoms with Gasteiger partial charge in [0, 0.05) is 0 Å². The van der Waals surface area contributed by atoms with Crippen molar-refractivity contribution >= 4 is 39.1 Å². The topological polar surface area (TPSA) is 22.1 Å². The molecule has 0 unspecified atom stereocenters. The van der Waals surface area contributed by atoms with Crippen LogP contribution in [0.25, 0.3) is 0 Å². The molecule has 0 saturated heterocycles. The van der Waals surface area contributed by atoms with Crippen LogP contribution in [0.3, 0.4) is 0 Å². The van der Waals surface area contributed by atoms with Gasteiger partial charge in [-0.1, -0.05) is 35.3 Å².